The quantitative estimate of drug-likeness (QED) is 0.510. The number of likely N-dealkylation sites (tertiary alicyclic amines) is 1. The highest BCUT2D eigenvalue weighted by Gasteiger charge is 2.24. The number of benzene rings is 2. The fourth-order valence-electron chi connectivity index (χ4n) is 2.96. The number of non-ortho nitro benzene ring substituents is 1. The van der Waals surface area contributed by atoms with E-state index in [0.29, 0.717) is 16.1 Å². The Morgan fingerprint density at radius 1 is 1.20 bits per heavy atom. The summed E-state index contributed by atoms with van der Waals surface area (Å²) in [5, 5.41) is 21.7. The van der Waals surface area contributed by atoms with Gasteiger partial charge >= 0.3 is 0 Å². The summed E-state index contributed by atoms with van der Waals surface area (Å²) < 4.78 is 0. The fourth-order valence-corrected chi connectivity index (χ4v) is 3.14. The summed E-state index contributed by atoms with van der Waals surface area (Å²) in [7, 11) is 0. The van der Waals surface area contributed by atoms with Gasteiger partial charge in [-0.3, -0.25) is 15.0 Å². The van der Waals surface area contributed by atoms with E-state index in [0.717, 1.165) is 25.9 Å². The Bertz CT molecular complexity index is 851. The molecule has 1 aliphatic heterocycles. The monoisotopic (exact) mass is 356 g/mol. The molecule has 0 radical (unpaired) electrons. The van der Waals surface area contributed by atoms with Crippen molar-refractivity contribution in [2.24, 2.45) is 0 Å². The SMILES string of the molecule is O=[N+]([O-])c1cccc(C#CC(c2cc(Cl)ccc2O)N2CCCC2)c1. The molecule has 0 amide bonds. The summed E-state index contributed by atoms with van der Waals surface area (Å²) in [4.78, 5) is 12.7. The van der Waals surface area contributed by atoms with Gasteiger partial charge in [-0.2, -0.15) is 0 Å². The molecule has 128 valence electrons. The van der Waals surface area contributed by atoms with Gasteiger partial charge in [-0.15, -0.1) is 0 Å². The first-order valence-corrected chi connectivity index (χ1v) is 8.41. The second-order valence-electron chi connectivity index (χ2n) is 5.93. The molecule has 1 N–H and O–H groups in total. The number of halogens is 1. The van der Waals surface area contributed by atoms with Crippen LogP contribution in [0.5, 0.6) is 5.75 Å². The fraction of sp³-hybridized carbons (Fsp3) is 0.263. The van der Waals surface area contributed by atoms with Gasteiger partial charge in [-0.1, -0.05) is 29.5 Å². The van der Waals surface area contributed by atoms with Gasteiger partial charge < -0.3 is 5.11 Å². The number of hydrogen-bond donors (Lipinski definition) is 1. The van der Waals surface area contributed by atoms with Crippen LogP contribution in [0.2, 0.25) is 5.02 Å². The Morgan fingerprint density at radius 3 is 2.68 bits per heavy atom. The highest BCUT2D eigenvalue weighted by molar-refractivity contribution is 6.30. The molecule has 25 heavy (non-hydrogen) atoms. The van der Waals surface area contributed by atoms with Crippen molar-refractivity contribution in [1.82, 2.24) is 4.90 Å². The molecule has 3 rings (SSSR count). The van der Waals surface area contributed by atoms with E-state index in [9.17, 15) is 15.2 Å². The van der Waals surface area contributed by atoms with Gasteiger partial charge in [0, 0.05) is 28.3 Å². The molecule has 0 aliphatic carbocycles. The second-order valence-corrected chi connectivity index (χ2v) is 6.36. The van der Waals surface area contributed by atoms with Crippen molar-refractivity contribution in [3.05, 3.63) is 68.7 Å². The molecule has 1 saturated heterocycles. The molecule has 5 nitrogen and oxygen atoms in total. The Morgan fingerprint density at radius 2 is 1.96 bits per heavy atom. The maximum absolute atomic E-state index is 10.9. The molecular weight excluding hydrogens is 340 g/mol. The minimum absolute atomic E-state index is 0.00938. The number of nitrogens with zero attached hydrogens (tertiary/aromatic N) is 2. The molecule has 2 aromatic rings. The zero-order valence-corrected chi connectivity index (χ0v) is 14.2. The summed E-state index contributed by atoms with van der Waals surface area (Å²) in [6.07, 6.45) is 2.16. The van der Waals surface area contributed by atoms with Gasteiger partial charge in [-0.05, 0) is 50.2 Å². The van der Waals surface area contributed by atoms with Crippen LogP contribution in [0.3, 0.4) is 0 Å². The first-order valence-electron chi connectivity index (χ1n) is 8.03. The van der Waals surface area contributed by atoms with E-state index >= 15 is 0 Å². The van der Waals surface area contributed by atoms with Crippen LogP contribution in [0.25, 0.3) is 0 Å². The van der Waals surface area contributed by atoms with E-state index in [-0.39, 0.29) is 17.5 Å². The van der Waals surface area contributed by atoms with E-state index in [4.69, 9.17) is 11.6 Å². The lowest BCUT2D eigenvalue weighted by atomic mass is 10.0. The van der Waals surface area contributed by atoms with Crippen LogP contribution in [0, 0.1) is 22.0 Å². The molecular formula is C19H17ClN2O3. The first-order chi connectivity index (χ1) is 12.0. The predicted molar refractivity (Wildman–Crippen MR) is 96.6 cm³/mol. The second kappa shape index (κ2) is 7.56. The van der Waals surface area contributed by atoms with E-state index in [1.807, 2.05) is 0 Å². The lowest BCUT2D eigenvalue weighted by Crippen LogP contribution is -2.24. The standard InChI is InChI=1S/C19H17ClN2O3/c20-15-7-9-19(23)17(13-15)18(21-10-1-2-11-21)8-6-14-4-3-5-16(12-14)22(24)25/h3-5,7,9,12-13,18,23H,1-2,10-11H2. The van der Waals surface area contributed by atoms with E-state index < -0.39 is 4.92 Å². The van der Waals surface area contributed by atoms with Crippen molar-refractivity contribution in [2.75, 3.05) is 13.1 Å². The molecule has 2 aromatic carbocycles. The summed E-state index contributed by atoms with van der Waals surface area (Å²) >= 11 is 6.09. The van der Waals surface area contributed by atoms with Gasteiger partial charge in [-0.25, -0.2) is 0 Å². The Labute approximate surface area is 151 Å². The number of nitro benzene ring substituents is 1. The van der Waals surface area contributed by atoms with Gasteiger partial charge in [0.05, 0.1) is 4.92 Å². The molecule has 0 spiro atoms. The van der Waals surface area contributed by atoms with Crippen LogP contribution in [-0.4, -0.2) is 28.0 Å². The molecule has 6 heteroatoms. The Balaban J connectivity index is 1.98. The minimum Gasteiger partial charge on any atom is -0.508 e. The molecule has 0 saturated carbocycles. The van der Waals surface area contributed by atoms with Crippen LogP contribution in [0.4, 0.5) is 5.69 Å². The molecule has 1 atom stereocenters. The Kier molecular flexibility index (Phi) is 5.22. The topological polar surface area (TPSA) is 66.6 Å². The molecule has 1 unspecified atom stereocenters. The van der Waals surface area contributed by atoms with Crippen molar-refractivity contribution in [1.29, 1.82) is 0 Å². The van der Waals surface area contributed by atoms with Crippen molar-refractivity contribution < 1.29 is 10.0 Å². The first kappa shape index (κ1) is 17.3. The van der Waals surface area contributed by atoms with Crippen LogP contribution in [0.1, 0.15) is 30.0 Å². The van der Waals surface area contributed by atoms with Crippen LogP contribution in [-0.2, 0) is 0 Å². The molecule has 1 fully saturated rings. The third-order valence-corrected chi connectivity index (χ3v) is 4.44. The van der Waals surface area contributed by atoms with Crippen molar-refractivity contribution >= 4 is 17.3 Å². The van der Waals surface area contributed by atoms with Gasteiger partial charge in [0.1, 0.15) is 11.8 Å². The number of rotatable bonds is 3. The highest BCUT2D eigenvalue weighted by atomic mass is 35.5. The smallest absolute Gasteiger partial charge is 0.270 e. The Hall–Kier alpha value is -2.55. The van der Waals surface area contributed by atoms with E-state index in [1.165, 1.54) is 12.1 Å². The highest BCUT2D eigenvalue weighted by Crippen LogP contribution is 2.32. The number of phenolic OH excluding ortho intramolecular Hbond substituents is 1. The minimum atomic E-state index is -0.439. The van der Waals surface area contributed by atoms with Gasteiger partial charge in [0.25, 0.3) is 5.69 Å². The van der Waals surface area contributed by atoms with Gasteiger partial charge in [0.2, 0.25) is 0 Å². The van der Waals surface area contributed by atoms with Crippen LogP contribution in [0.15, 0.2) is 42.5 Å². The lowest BCUT2D eigenvalue weighted by Gasteiger charge is -2.24. The maximum Gasteiger partial charge on any atom is 0.270 e. The average molecular weight is 357 g/mol. The third kappa shape index (κ3) is 4.11. The number of nitro groups is 1. The number of phenols is 1. The van der Waals surface area contributed by atoms with Crippen molar-refractivity contribution in [3.8, 4) is 17.6 Å². The number of aromatic hydroxyl groups is 1. The van der Waals surface area contributed by atoms with Crippen molar-refractivity contribution in [2.45, 2.75) is 18.9 Å². The summed E-state index contributed by atoms with van der Waals surface area (Å²) in [6, 6.07) is 10.9. The van der Waals surface area contributed by atoms with Gasteiger partial charge in [0.15, 0.2) is 0 Å². The summed E-state index contributed by atoms with van der Waals surface area (Å²) in [5.74, 6) is 6.32. The predicted octanol–water partition coefficient (Wildman–Crippen LogP) is 4.14. The zero-order valence-electron chi connectivity index (χ0n) is 13.5. The summed E-state index contributed by atoms with van der Waals surface area (Å²) in [5.41, 5.74) is 1.24. The molecule has 1 aliphatic rings. The molecule has 0 bridgehead atoms. The maximum atomic E-state index is 10.9. The van der Waals surface area contributed by atoms with E-state index in [2.05, 4.69) is 16.7 Å². The lowest BCUT2D eigenvalue weighted by molar-refractivity contribution is -0.384. The molecule has 0 aromatic heterocycles. The summed E-state index contributed by atoms with van der Waals surface area (Å²) in [6.45, 7) is 1.78. The normalized spacial score (nSPS) is 15.4. The average Bonchev–Trinajstić information content (AvgIpc) is 3.12. The largest absolute Gasteiger partial charge is 0.508 e. The van der Waals surface area contributed by atoms with Crippen LogP contribution < -0.4 is 0 Å². The number of hydrogen-bond acceptors (Lipinski definition) is 4. The zero-order chi connectivity index (χ0) is 17.8. The third-order valence-electron chi connectivity index (χ3n) is 4.20. The van der Waals surface area contributed by atoms with Crippen LogP contribution >= 0.6 is 11.6 Å². The van der Waals surface area contributed by atoms with E-state index in [1.54, 1.807) is 30.3 Å². The van der Waals surface area contributed by atoms with Crippen molar-refractivity contribution in [3.63, 3.8) is 0 Å². The molecule has 1 heterocycles.